The van der Waals surface area contributed by atoms with Crippen molar-refractivity contribution < 1.29 is 28.5 Å². The number of hydrogen-bond acceptors (Lipinski definition) is 7. The van der Waals surface area contributed by atoms with Crippen LogP contribution in [0.2, 0.25) is 0 Å². The molecule has 2 heterocycles. The standard InChI is InChI=1S/C24H38FN3O5/c1-4-24(5-2,16-32-10-6-9-25)27-22(30)20-7-8-21(28-12-19(13-28)31-3)23(26-20)33-15-18-11-17(18)14-29/h7-8,17-19,29H,4-6,9-16H2,1-3H3,(H,27,30)/t17-,18+/m1/s1. The van der Waals surface area contributed by atoms with Crippen LogP contribution in [0.5, 0.6) is 5.88 Å². The maximum absolute atomic E-state index is 13.1. The minimum atomic E-state index is -0.541. The van der Waals surface area contributed by atoms with Gasteiger partial charge in [0.25, 0.3) is 5.91 Å². The quantitative estimate of drug-likeness (QED) is 0.383. The normalized spacial score (nSPS) is 20.5. The predicted molar refractivity (Wildman–Crippen MR) is 124 cm³/mol. The van der Waals surface area contributed by atoms with Gasteiger partial charge in [-0.25, -0.2) is 4.98 Å². The molecule has 0 radical (unpaired) electrons. The second-order valence-corrected chi connectivity index (χ2v) is 9.07. The van der Waals surface area contributed by atoms with E-state index in [0.717, 1.165) is 25.2 Å². The summed E-state index contributed by atoms with van der Waals surface area (Å²) in [4.78, 5) is 19.8. The smallest absolute Gasteiger partial charge is 0.270 e. The van der Waals surface area contributed by atoms with E-state index in [4.69, 9.17) is 14.2 Å². The van der Waals surface area contributed by atoms with Gasteiger partial charge in [0.15, 0.2) is 0 Å². The fourth-order valence-electron chi connectivity index (χ4n) is 4.01. The molecule has 0 spiro atoms. The molecule has 0 aromatic carbocycles. The Kier molecular flexibility index (Phi) is 9.28. The molecule has 1 aliphatic carbocycles. The molecule has 2 fully saturated rings. The van der Waals surface area contributed by atoms with Crippen molar-refractivity contribution in [3.05, 3.63) is 17.8 Å². The van der Waals surface area contributed by atoms with E-state index in [1.807, 2.05) is 19.9 Å². The number of pyridine rings is 1. The van der Waals surface area contributed by atoms with Crippen LogP contribution < -0.4 is 15.0 Å². The third-order valence-corrected chi connectivity index (χ3v) is 6.87. The molecule has 2 N–H and O–H groups in total. The Balaban J connectivity index is 1.71. The van der Waals surface area contributed by atoms with Gasteiger partial charge < -0.3 is 29.5 Å². The van der Waals surface area contributed by atoms with Crippen molar-refractivity contribution in [2.45, 2.75) is 51.2 Å². The van der Waals surface area contributed by atoms with E-state index in [0.29, 0.717) is 50.9 Å². The summed E-state index contributed by atoms with van der Waals surface area (Å²) >= 11 is 0. The number of nitrogens with one attached hydrogen (secondary N) is 1. The van der Waals surface area contributed by atoms with E-state index < -0.39 is 12.2 Å². The molecule has 1 aromatic rings. The van der Waals surface area contributed by atoms with Gasteiger partial charge >= 0.3 is 0 Å². The highest BCUT2D eigenvalue weighted by molar-refractivity contribution is 5.93. The van der Waals surface area contributed by atoms with Crippen LogP contribution >= 0.6 is 0 Å². The summed E-state index contributed by atoms with van der Waals surface area (Å²) in [5, 5.41) is 12.4. The Morgan fingerprint density at radius 3 is 2.67 bits per heavy atom. The molecule has 3 rings (SSSR count). The Hall–Kier alpha value is -1.97. The zero-order chi connectivity index (χ0) is 23.8. The number of amides is 1. The number of aromatic nitrogens is 1. The third-order valence-electron chi connectivity index (χ3n) is 6.87. The number of carbonyl (C=O) groups excluding carboxylic acids is 1. The highest BCUT2D eigenvalue weighted by Crippen LogP contribution is 2.39. The van der Waals surface area contributed by atoms with Gasteiger partial charge in [-0.15, -0.1) is 0 Å². The number of hydrogen-bond donors (Lipinski definition) is 2. The van der Waals surface area contributed by atoms with E-state index >= 15 is 0 Å². The van der Waals surface area contributed by atoms with Crippen molar-refractivity contribution in [1.29, 1.82) is 0 Å². The zero-order valence-corrected chi connectivity index (χ0v) is 20.0. The average Bonchev–Trinajstić information content (AvgIpc) is 3.58. The number of ether oxygens (including phenoxy) is 3. The van der Waals surface area contributed by atoms with E-state index in [-0.39, 0.29) is 30.2 Å². The van der Waals surface area contributed by atoms with Crippen LogP contribution in [0.25, 0.3) is 0 Å². The van der Waals surface area contributed by atoms with Gasteiger partial charge in [-0.05, 0) is 49.7 Å². The lowest BCUT2D eigenvalue weighted by molar-refractivity contribution is 0.0518. The highest BCUT2D eigenvalue weighted by atomic mass is 19.1. The SMILES string of the molecule is CCC(CC)(COCCCF)NC(=O)c1ccc(N2CC(OC)C2)c(OC[C@@H]2C[C@@H]2CO)n1. The number of aliphatic hydroxyl groups is 1. The highest BCUT2D eigenvalue weighted by Gasteiger charge is 2.38. The zero-order valence-electron chi connectivity index (χ0n) is 20.0. The maximum Gasteiger partial charge on any atom is 0.270 e. The number of anilines is 1. The van der Waals surface area contributed by atoms with Crippen LogP contribution in [0.1, 0.15) is 50.0 Å². The Labute approximate surface area is 195 Å². The summed E-state index contributed by atoms with van der Waals surface area (Å²) < 4.78 is 29.4. The lowest BCUT2D eigenvalue weighted by Gasteiger charge is -2.40. The molecule has 0 bridgehead atoms. The first-order valence-corrected chi connectivity index (χ1v) is 12.0. The van der Waals surface area contributed by atoms with Gasteiger partial charge in [0.1, 0.15) is 11.4 Å². The summed E-state index contributed by atoms with van der Waals surface area (Å²) in [5.41, 5.74) is 0.579. The van der Waals surface area contributed by atoms with Crippen LogP contribution in [-0.4, -0.2) is 80.9 Å². The Morgan fingerprint density at radius 2 is 2.06 bits per heavy atom. The predicted octanol–water partition coefficient (Wildman–Crippen LogP) is 2.59. The topological polar surface area (TPSA) is 93.2 Å². The molecule has 2 aliphatic rings. The molecular weight excluding hydrogens is 429 g/mol. The lowest BCUT2D eigenvalue weighted by atomic mass is 9.93. The Bertz CT molecular complexity index is 770. The molecular formula is C24H38FN3O5. The van der Waals surface area contributed by atoms with Crippen molar-refractivity contribution in [2.24, 2.45) is 11.8 Å². The van der Waals surface area contributed by atoms with E-state index in [1.54, 1.807) is 13.2 Å². The van der Waals surface area contributed by atoms with E-state index in [2.05, 4.69) is 15.2 Å². The van der Waals surface area contributed by atoms with Crippen LogP contribution in [0.3, 0.4) is 0 Å². The average molecular weight is 468 g/mol. The van der Waals surface area contributed by atoms with Gasteiger partial charge in [0, 0.05) is 33.4 Å². The Morgan fingerprint density at radius 1 is 1.30 bits per heavy atom. The number of carbonyl (C=O) groups is 1. The minimum Gasteiger partial charge on any atom is -0.476 e. The largest absolute Gasteiger partial charge is 0.476 e. The number of rotatable bonds is 15. The number of halogens is 1. The fraction of sp³-hybridized carbons (Fsp3) is 0.750. The second-order valence-electron chi connectivity index (χ2n) is 9.07. The van der Waals surface area contributed by atoms with Gasteiger partial charge in [0.05, 0.1) is 31.5 Å². The van der Waals surface area contributed by atoms with Crippen LogP contribution in [0.4, 0.5) is 10.1 Å². The molecule has 33 heavy (non-hydrogen) atoms. The summed E-state index contributed by atoms with van der Waals surface area (Å²) in [6.07, 6.45) is 2.83. The number of nitrogens with zero attached hydrogens (tertiary/aromatic N) is 2. The molecule has 186 valence electrons. The number of alkyl halides is 1. The monoisotopic (exact) mass is 467 g/mol. The van der Waals surface area contributed by atoms with Gasteiger partial charge in [0.2, 0.25) is 5.88 Å². The van der Waals surface area contributed by atoms with Gasteiger partial charge in [-0.2, -0.15) is 0 Å². The molecule has 1 saturated heterocycles. The van der Waals surface area contributed by atoms with E-state index in [1.165, 1.54) is 0 Å². The third kappa shape index (κ3) is 6.55. The second kappa shape index (κ2) is 11.9. The summed E-state index contributed by atoms with van der Waals surface area (Å²) in [6.45, 7) is 6.35. The molecule has 0 unspecified atom stereocenters. The molecule has 1 amide bonds. The molecule has 1 saturated carbocycles. The van der Waals surface area contributed by atoms with Crippen molar-refractivity contribution in [3.8, 4) is 5.88 Å². The van der Waals surface area contributed by atoms with Crippen molar-refractivity contribution in [3.63, 3.8) is 0 Å². The molecule has 1 aromatic heterocycles. The van der Waals surface area contributed by atoms with Crippen molar-refractivity contribution in [2.75, 3.05) is 58.2 Å². The summed E-state index contributed by atoms with van der Waals surface area (Å²) in [7, 11) is 1.70. The first-order chi connectivity index (χ1) is 16.0. The van der Waals surface area contributed by atoms with E-state index in [9.17, 15) is 14.3 Å². The molecule has 2 atom stereocenters. The van der Waals surface area contributed by atoms with Crippen molar-refractivity contribution >= 4 is 11.6 Å². The summed E-state index contributed by atoms with van der Waals surface area (Å²) in [5.74, 6) is 0.745. The lowest BCUT2D eigenvalue weighted by Crippen LogP contribution is -2.52. The number of methoxy groups -OCH3 is 1. The molecule has 8 nitrogen and oxygen atoms in total. The number of aliphatic hydroxyl groups excluding tert-OH is 1. The van der Waals surface area contributed by atoms with Gasteiger partial charge in [-0.3, -0.25) is 9.18 Å². The maximum atomic E-state index is 13.1. The minimum absolute atomic E-state index is 0.169. The molecule has 9 heteroatoms. The van der Waals surface area contributed by atoms with Crippen LogP contribution in [0, 0.1) is 11.8 Å². The first-order valence-electron chi connectivity index (χ1n) is 12.0. The fourth-order valence-corrected chi connectivity index (χ4v) is 4.01. The van der Waals surface area contributed by atoms with Crippen LogP contribution in [-0.2, 0) is 9.47 Å². The summed E-state index contributed by atoms with van der Waals surface area (Å²) in [6, 6.07) is 3.59. The molecule has 1 aliphatic heterocycles. The van der Waals surface area contributed by atoms with Crippen molar-refractivity contribution in [1.82, 2.24) is 10.3 Å². The first kappa shape index (κ1) is 25.6. The van der Waals surface area contributed by atoms with Gasteiger partial charge in [-0.1, -0.05) is 13.8 Å². The van der Waals surface area contributed by atoms with Crippen LogP contribution in [0.15, 0.2) is 12.1 Å².